The zero-order chi connectivity index (χ0) is 21.4. The van der Waals surface area contributed by atoms with Crippen LogP contribution < -0.4 is 5.32 Å². The third kappa shape index (κ3) is 3.59. The van der Waals surface area contributed by atoms with Crippen molar-refractivity contribution in [3.05, 3.63) is 76.9 Å². The molecular formula is C22H18FN5O3. The van der Waals surface area contributed by atoms with Gasteiger partial charge in [-0.15, -0.1) is 0 Å². The monoisotopic (exact) mass is 419 g/mol. The Balaban J connectivity index is 1.57. The topological polar surface area (TPSA) is 102 Å². The van der Waals surface area contributed by atoms with Gasteiger partial charge in [-0.1, -0.05) is 18.2 Å². The maximum absolute atomic E-state index is 13.5. The molecule has 4 aromatic rings. The summed E-state index contributed by atoms with van der Waals surface area (Å²) in [6.07, 6.45) is 2.13. The number of rotatable bonds is 5. The van der Waals surface area contributed by atoms with Crippen LogP contribution in [0.3, 0.4) is 0 Å². The van der Waals surface area contributed by atoms with Gasteiger partial charge in [0.15, 0.2) is 0 Å². The Kier molecular flexibility index (Phi) is 4.79. The number of nitrogens with zero attached hydrogens (tertiary/aromatic N) is 4. The molecular weight excluding hydrogens is 401 g/mol. The molecule has 0 atom stereocenters. The van der Waals surface area contributed by atoms with Crippen molar-refractivity contribution in [1.82, 2.24) is 19.7 Å². The molecule has 0 saturated heterocycles. The van der Waals surface area contributed by atoms with Crippen molar-refractivity contribution < 1.29 is 19.0 Å². The number of halogens is 1. The molecule has 1 aliphatic rings. The van der Waals surface area contributed by atoms with E-state index in [4.69, 9.17) is 4.74 Å². The minimum absolute atomic E-state index is 0.166. The number of anilines is 1. The van der Waals surface area contributed by atoms with Gasteiger partial charge in [0.1, 0.15) is 11.6 Å². The highest BCUT2D eigenvalue weighted by molar-refractivity contribution is 6.02. The molecule has 0 aliphatic carbocycles. The standard InChI is InChI=1S/C22H18FN5O3/c23-14-4-1-3-13(9-14)10-24-20-17-12-31-8-7-18(17)26-22(27-20)28-19-6-2-5-15(21(29)30)16(19)11-25-28/h1-6,9,11H,7-8,10,12H2,(H,29,30)(H,24,26,27). The van der Waals surface area contributed by atoms with Crippen LogP contribution in [0.1, 0.15) is 27.2 Å². The number of aromatic nitrogens is 4. The van der Waals surface area contributed by atoms with E-state index >= 15 is 0 Å². The normalized spacial score (nSPS) is 13.2. The highest BCUT2D eigenvalue weighted by Crippen LogP contribution is 2.26. The van der Waals surface area contributed by atoms with Gasteiger partial charge >= 0.3 is 5.97 Å². The number of nitrogens with one attached hydrogen (secondary N) is 1. The fourth-order valence-electron chi connectivity index (χ4n) is 3.69. The lowest BCUT2D eigenvalue weighted by molar-refractivity contribution is 0.0699. The van der Waals surface area contributed by atoms with Crippen LogP contribution in [0.4, 0.5) is 10.2 Å². The highest BCUT2D eigenvalue weighted by Gasteiger charge is 2.21. The molecule has 0 radical (unpaired) electrons. The van der Waals surface area contributed by atoms with Gasteiger partial charge in [0.25, 0.3) is 5.95 Å². The van der Waals surface area contributed by atoms with Gasteiger partial charge in [0, 0.05) is 23.9 Å². The number of carboxylic acid groups (broad SMARTS) is 1. The molecule has 31 heavy (non-hydrogen) atoms. The first-order valence-corrected chi connectivity index (χ1v) is 9.76. The Hall–Kier alpha value is -3.85. The SMILES string of the molecule is O=C(O)c1cccc2c1cnn2-c1nc2c(c(NCc3cccc(F)c3)n1)COCC2. The number of benzene rings is 2. The Bertz CT molecular complexity index is 1300. The van der Waals surface area contributed by atoms with E-state index in [-0.39, 0.29) is 11.4 Å². The van der Waals surface area contributed by atoms with Gasteiger partial charge in [-0.25, -0.2) is 14.2 Å². The van der Waals surface area contributed by atoms with Gasteiger partial charge in [0.2, 0.25) is 0 Å². The van der Waals surface area contributed by atoms with Crippen molar-refractivity contribution in [2.75, 3.05) is 11.9 Å². The molecule has 0 fully saturated rings. The van der Waals surface area contributed by atoms with Crippen LogP contribution in [0, 0.1) is 5.82 Å². The summed E-state index contributed by atoms with van der Waals surface area (Å²) in [5.41, 5.74) is 3.24. The number of carbonyl (C=O) groups is 1. The molecule has 1 aliphatic heterocycles. The summed E-state index contributed by atoms with van der Waals surface area (Å²) in [6.45, 7) is 1.31. The van der Waals surface area contributed by atoms with Gasteiger partial charge in [-0.05, 0) is 29.8 Å². The fourth-order valence-corrected chi connectivity index (χ4v) is 3.69. The maximum atomic E-state index is 13.5. The lowest BCUT2D eigenvalue weighted by Crippen LogP contribution is -2.19. The highest BCUT2D eigenvalue weighted by atomic mass is 19.1. The van der Waals surface area contributed by atoms with Crippen molar-refractivity contribution in [1.29, 1.82) is 0 Å². The molecule has 3 heterocycles. The molecule has 5 rings (SSSR count). The van der Waals surface area contributed by atoms with E-state index in [0.717, 1.165) is 16.8 Å². The first-order valence-electron chi connectivity index (χ1n) is 9.76. The third-order valence-corrected chi connectivity index (χ3v) is 5.19. The molecule has 2 N–H and O–H groups in total. The number of ether oxygens (including phenoxy) is 1. The second-order valence-corrected chi connectivity index (χ2v) is 7.18. The predicted octanol–water partition coefficient (Wildman–Crippen LogP) is 3.34. The van der Waals surface area contributed by atoms with E-state index in [1.807, 2.05) is 6.07 Å². The van der Waals surface area contributed by atoms with Crippen LogP contribution in [0.25, 0.3) is 16.9 Å². The number of hydrogen-bond donors (Lipinski definition) is 2. The molecule has 9 heteroatoms. The Morgan fingerprint density at radius 1 is 1.23 bits per heavy atom. The van der Waals surface area contributed by atoms with Crippen molar-refractivity contribution in [3.63, 3.8) is 0 Å². The summed E-state index contributed by atoms with van der Waals surface area (Å²) in [6, 6.07) is 11.3. The second-order valence-electron chi connectivity index (χ2n) is 7.18. The maximum Gasteiger partial charge on any atom is 0.336 e. The first kappa shape index (κ1) is 19.1. The van der Waals surface area contributed by atoms with Crippen molar-refractivity contribution in [2.24, 2.45) is 0 Å². The van der Waals surface area contributed by atoms with E-state index in [1.165, 1.54) is 29.1 Å². The Morgan fingerprint density at radius 3 is 2.94 bits per heavy atom. The molecule has 2 aromatic carbocycles. The van der Waals surface area contributed by atoms with E-state index in [0.29, 0.717) is 48.8 Å². The molecule has 8 nitrogen and oxygen atoms in total. The fraction of sp³-hybridized carbons (Fsp3) is 0.182. The molecule has 0 saturated carbocycles. The second kappa shape index (κ2) is 7.77. The summed E-state index contributed by atoms with van der Waals surface area (Å²) >= 11 is 0. The van der Waals surface area contributed by atoms with Crippen LogP contribution in [0.15, 0.2) is 48.7 Å². The van der Waals surface area contributed by atoms with Gasteiger partial charge in [-0.2, -0.15) is 14.8 Å². The average Bonchev–Trinajstić information content (AvgIpc) is 3.21. The van der Waals surface area contributed by atoms with Gasteiger partial charge < -0.3 is 15.2 Å². The number of hydrogen-bond acceptors (Lipinski definition) is 6. The van der Waals surface area contributed by atoms with Crippen LogP contribution >= 0.6 is 0 Å². The Labute approximate surface area is 176 Å². The van der Waals surface area contributed by atoms with E-state index in [9.17, 15) is 14.3 Å². The van der Waals surface area contributed by atoms with Crippen molar-refractivity contribution in [3.8, 4) is 5.95 Å². The van der Waals surface area contributed by atoms with Crippen LogP contribution in [0.5, 0.6) is 0 Å². The summed E-state index contributed by atoms with van der Waals surface area (Å²) in [7, 11) is 0. The van der Waals surface area contributed by atoms with Gasteiger partial charge in [-0.3, -0.25) is 0 Å². The first-order chi connectivity index (χ1) is 15.1. The summed E-state index contributed by atoms with van der Waals surface area (Å²) in [5, 5.41) is 17.6. The molecule has 0 amide bonds. The van der Waals surface area contributed by atoms with Crippen LogP contribution in [0.2, 0.25) is 0 Å². The van der Waals surface area contributed by atoms with Crippen LogP contribution in [-0.4, -0.2) is 37.4 Å². The van der Waals surface area contributed by atoms with Crippen LogP contribution in [-0.2, 0) is 24.3 Å². The number of carboxylic acids is 1. The summed E-state index contributed by atoms with van der Waals surface area (Å²) in [5.74, 6) is -0.404. The minimum atomic E-state index is -1.02. The van der Waals surface area contributed by atoms with E-state index < -0.39 is 5.97 Å². The molecule has 0 bridgehead atoms. The van der Waals surface area contributed by atoms with E-state index in [1.54, 1.807) is 18.2 Å². The number of fused-ring (bicyclic) bond motifs is 2. The lowest BCUT2D eigenvalue weighted by atomic mass is 10.1. The number of aromatic carboxylic acids is 1. The molecule has 0 unspecified atom stereocenters. The molecule has 2 aromatic heterocycles. The zero-order valence-corrected chi connectivity index (χ0v) is 16.4. The predicted molar refractivity (Wildman–Crippen MR) is 111 cm³/mol. The zero-order valence-electron chi connectivity index (χ0n) is 16.4. The quantitative estimate of drug-likeness (QED) is 0.511. The largest absolute Gasteiger partial charge is 0.478 e. The average molecular weight is 419 g/mol. The summed E-state index contributed by atoms with van der Waals surface area (Å²) in [4.78, 5) is 20.9. The van der Waals surface area contributed by atoms with Crippen molar-refractivity contribution >= 4 is 22.7 Å². The molecule has 156 valence electrons. The Morgan fingerprint density at radius 2 is 2.10 bits per heavy atom. The van der Waals surface area contributed by atoms with E-state index in [2.05, 4.69) is 20.4 Å². The molecule has 0 spiro atoms. The van der Waals surface area contributed by atoms with Crippen molar-refractivity contribution in [2.45, 2.75) is 19.6 Å². The van der Waals surface area contributed by atoms with Gasteiger partial charge in [0.05, 0.1) is 36.2 Å². The third-order valence-electron chi connectivity index (χ3n) is 5.19. The summed E-state index contributed by atoms with van der Waals surface area (Å²) < 4.78 is 20.6. The lowest BCUT2D eigenvalue weighted by Gasteiger charge is -2.20. The minimum Gasteiger partial charge on any atom is -0.478 e. The smallest absolute Gasteiger partial charge is 0.336 e.